The first-order valence-electron chi connectivity index (χ1n) is 5.13. The minimum Gasteiger partial charge on any atom is -0.375 e. The molecule has 3 nitrogen and oxygen atoms in total. The molecule has 1 heterocycles. The van der Waals surface area contributed by atoms with Crippen LogP contribution in [0.15, 0.2) is 5.38 Å². The van der Waals surface area contributed by atoms with E-state index in [0.29, 0.717) is 6.61 Å². The summed E-state index contributed by atoms with van der Waals surface area (Å²) < 4.78 is 5.30. The van der Waals surface area contributed by atoms with Gasteiger partial charge in [0.25, 0.3) is 0 Å². The Hall–Kier alpha value is -0.450. The summed E-state index contributed by atoms with van der Waals surface area (Å²) in [7, 11) is 0. The summed E-state index contributed by atoms with van der Waals surface area (Å²) in [6, 6.07) is 0.757. The largest absolute Gasteiger partial charge is 0.375 e. The van der Waals surface area contributed by atoms with Crippen molar-refractivity contribution < 1.29 is 4.74 Å². The lowest BCUT2D eigenvalue weighted by Crippen LogP contribution is -2.15. The summed E-state index contributed by atoms with van der Waals surface area (Å²) in [6.07, 6.45) is 2.66. The molecule has 2 rings (SSSR count). The van der Waals surface area contributed by atoms with Gasteiger partial charge in [0.1, 0.15) is 5.01 Å². The summed E-state index contributed by atoms with van der Waals surface area (Å²) in [5.41, 5.74) is 1.15. The van der Waals surface area contributed by atoms with E-state index in [9.17, 15) is 0 Å². The van der Waals surface area contributed by atoms with E-state index in [-0.39, 0.29) is 0 Å². The van der Waals surface area contributed by atoms with Crippen LogP contribution < -0.4 is 5.32 Å². The van der Waals surface area contributed by atoms with E-state index in [4.69, 9.17) is 4.74 Å². The van der Waals surface area contributed by atoms with Gasteiger partial charge in [0.05, 0.1) is 12.3 Å². The molecule has 0 saturated heterocycles. The highest BCUT2D eigenvalue weighted by molar-refractivity contribution is 7.09. The molecule has 0 aliphatic heterocycles. The number of hydrogen-bond acceptors (Lipinski definition) is 4. The van der Waals surface area contributed by atoms with Crippen molar-refractivity contribution in [2.75, 3.05) is 6.61 Å². The SMILES string of the molecule is CCOCc1nc(CNC2CC2)cs1. The molecule has 1 aromatic heterocycles. The quantitative estimate of drug-likeness (QED) is 0.782. The Bertz CT molecular complexity index is 283. The maximum absolute atomic E-state index is 5.30. The molecule has 0 spiro atoms. The second-order valence-electron chi connectivity index (χ2n) is 3.52. The summed E-state index contributed by atoms with van der Waals surface area (Å²) in [5, 5.41) is 6.64. The van der Waals surface area contributed by atoms with Crippen LogP contribution in [0.3, 0.4) is 0 Å². The predicted molar refractivity (Wildman–Crippen MR) is 57.3 cm³/mol. The Morgan fingerprint density at radius 2 is 2.50 bits per heavy atom. The third kappa shape index (κ3) is 3.04. The summed E-state index contributed by atoms with van der Waals surface area (Å²) in [4.78, 5) is 4.48. The van der Waals surface area contributed by atoms with Crippen LogP contribution in [-0.4, -0.2) is 17.6 Å². The van der Waals surface area contributed by atoms with Gasteiger partial charge in [-0.3, -0.25) is 0 Å². The van der Waals surface area contributed by atoms with E-state index in [2.05, 4.69) is 15.7 Å². The Morgan fingerprint density at radius 3 is 3.21 bits per heavy atom. The number of thiazole rings is 1. The first-order chi connectivity index (χ1) is 6.88. The fraction of sp³-hybridized carbons (Fsp3) is 0.700. The fourth-order valence-electron chi connectivity index (χ4n) is 1.22. The zero-order valence-corrected chi connectivity index (χ0v) is 9.27. The molecule has 0 bridgehead atoms. The normalized spacial score (nSPS) is 16.1. The Morgan fingerprint density at radius 1 is 1.64 bits per heavy atom. The van der Waals surface area contributed by atoms with E-state index >= 15 is 0 Å². The van der Waals surface area contributed by atoms with Crippen molar-refractivity contribution in [1.82, 2.24) is 10.3 Å². The standard InChI is InChI=1S/C10H16N2OS/c1-2-13-6-10-12-9(7-14-10)5-11-8-3-4-8/h7-8,11H,2-6H2,1H3. The van der Waals surface area contributed by atoms with Crippen LogP contribution in [0.2, 0.25) is 0 Å². The van der Waals surface area contributed by atoms with Crippen molar-refractivity contribution in [3.63, 3.8) is 0 Å². The van der Waals surface area contributed by atoms with E-state index in [0.717, 1.165) is 29.9 Å². The summed E-state index contributed by atoms with van der Waals surface area (Å²) in [5.74, 6) is 0. The minimum absolute atomic E-state index is 0.657. The molecule has 0 radical (unpaired) electrons. The molecule has 1 aliphatic carbocycles. The molecular formula is C10H16N2OS. The van der Waals surface area contributed by atoms with E-state index in [1.165, 1.54) is 12.8 Å². The highest BCUT2D eigenvalue weighted by Crippen LogP contribution is 2.19. The number of rotatable bonds is 6. The van der Waals surface area contributed by atoms with Gasteiger partial charge in [0, 0.05) is 24.6 Å². The van der Waals surface area contributed by atoms with Crippen LogP contribution in [0, 0.1) is 0 Å². The maximum atomic E-state index is 5.30. The molecule has 1 fully saturated rings. The zero-order chi connectivity index (χ0) is 9.80. The van der Waals surface area contributed by atoms with Gasteiger partial charge in [0.2, 0.25) is 0 Å². The first-order valence-corrected chi connectivity index (χ1v) is 6.01. The molecule has 1 N–H and O–H groups in total. The van der Waals surface area contributed by atoms with Crippen molar-refractivity contribution in [3.8, 4) is 0 Å². The minimum atomic E-state index is 0.657. The molecule has 78 valence electrons. The molecule has 14 heavy (non-hydrogen) atoms. The average Bonchev–Trinajstić information content (AvgIpc) is 2.92. The van der Waals surface area contributed by atoms with Crippen LogP contribution in [0.5, 0.6) is 0 Å². The van der Waals surface area contributed by atoms with Gasteiger partial charge >= 0.3 is 0 Å². The second-order valence-corrected chi connectivity index (χ2v) is 4.47. The molecule has 1 aromatic rings. The zero-order valence-electron chi connectivity index (χ0n) is 8.45. The van der Waals surface area contributed by atoms with Gasteiger partial charge in [-0.2, -0.15) is 0 Å². The third-order valence-electron chi connectivity index (χ3n) is 2.18. The van der Waals surface area contributed by atoms with Gasteiger partial charge in [-0.15, -0.1) is 11.3 Å². The van der Waals surface area contributed by atoms with Crippen LogP contribution >= 0.6 is 11.3 Å². The van der Waals surface area contributed by atoms with Gasteiger partial charge in [-0.1, -0.05) is 0 Å². The Kier molecular flexibility index (Phi) is 3.50. The third-order valence-corrected chi connectivity index (χ3v) is 3.05. The number of hydrogen-bond donors (Lipinski definition) is 1. The topological polar surface area (TPSA) is 34.1 Å². The first kappa shape index (κ1) is 10.1. The van der Waals surface area contributed by atoms with Crippen molar-refractivity contribution in [2.24, 2.45) is 0 Å². The lowest BCUT2D eigenvalue weighted by Gasteiger charge is -1.98. The van der Waals surface area contributed by atoms with Crippen LogP contribution in [0.4, 0.5) is 0 Å². The van der Waals surface area contributed by atoms with Crippen molar-refractivity contribution >= 4 is 11.3 Å². The summed E-state index contributed by atoms with van der Waals surface area (Å²) in [6.45, 7) is 4.33. The smallest absolute Gasteiger partial charge is 0.119 e. The Balaban J connectivity index is 1.76. The van der Waals surface area contributed by atoms with Crippen LogP contribution in [-0.2, 0) is 17.9 Å². The maximum Gasteiger partial charge on any atom is 0.119 e. The van der Waals surface area contributed by atoms with E-state index in [1.807, 2.05) is 6.92 Å². The van der Waals surface area contributed by atoms with Crippen molar-refractivity contribution in [2.45, 2.75) is 39.0 Å². The fourth-order valence-corrected chi connectivity index (χ4v) is 1.95. The lowest BCUT2D eigenvalue weighted by molar-refractivity contribution is 0.133. The lowest BCUT2D eigenvalue weighted by atomic mass is 10.4. The molecule has 1 aliphatic rings. The van der Waals surface area contributed by atoms with Gasteiger partial charge in [-0.05, 0) is 19.8 Å². The van der Waals surface area contributed by atoms with Gasteiger partial charge in [-0.25, -0.2) is 4.98 Å². The van der Waals surface area contributed by atoms with Crippen molar-refractivity contribution in [1.29, 1.82) is 0 Å². The Labute approximate surface area is 88.5 Å². The number of nitrogens with one attached hydrogen (secondary N) is 1. The van der Waals surface area contributed by atoms with Crippen molar-refractivity contribution in [3.05, 3.63) is 16.1 Å². The molecule has 0 amide bonds. The second kappa shape index (κ2) is 4.87. The average molecular weight is 212 g/mol. The summed E-state index contributed by atoms with van der Waals surface area (Å²) >= 11 is 1.69. The number of ether oxygens (including phenoxy) is 1. The molecule has 0 aromatic carbocycles. The van der Waals surface area contributed by atoms with E-state index < -0.39 is 0 Å². The van der Waals surface area contributed by atoms with Gasteiger partial charge in [0.15, 0.2) is 0 Å². The monoisotopic (exact) mass is 212 g/mol. The highest BCUT2D eigenvalue weighted by Gasteiger charge is 2.20. The molecule has 0 atom stereocenters. The molecule has 4 heteroatoms. The number of aromatic nitrogens is 1. The molecular weight excluding hydrogens is 196 g/mol. The highest BCUT2D eigenvalue weighted by atomic mass is 32.1. The van der Waals surface area contributed by atoms with Crippen LogP contribution in [0.25, 0.3) is 0 Å². The number of nitrogens with zero attached hydrogens (tertiary/aromatic N) is 1. The van der Waals surface area contributed by atoms with Crippen LogP contribution in [0.1, 0.15) is 30.5 Å². The molecule has 0 unspecified atom stereocenters. The molecule has 1 saturated carbocycles. The predicted octanol–water partition coefficient (Wildman–Crippen LogP) is 1.93. The van der Waals surface area contributed by atoms with E-state index in [1.54, 1.807) is 11.3 Å². The van der Waals surface area contributed by atoms with Gasteiger partial charge < -0.3 is 10.1 Å².